The number of nitrogens with zero attached hydrogens (tertiary/aromatic N) is 4. The first kappa shape index (κ1) is 13.7. The van der Waals surface area contributed by atoms with Crippen molar-refractivity contribution in [1.82, 2.24) is 24.8 Å². The highest BCUT2D eigenvalue weighted by atomic mass is 32.2. The molecule has 4 rings (SSSR count). The highest BCUT2D eigenvalue weighted by Crippen LogP contribution is 2.26. The van der Waals surface area contributed by atoms with Gasteiger partial charge in [-0.3, -0.25) is 19.3 Å². The van der Waals surface area contributed by atoms with Crippen molar-refractivity contribution in [3.05, 3.63) is 40.9 Å². The minimum absolute atomic E-state index is 0.353. The number of nitrogens with one attached hydrogen (secondary N) is 1. The average Bonchev–Trinajstić information content (AvgIpc) is 3.18. The number of hydrogen-bond acceptors (Lipinski definition) is 7. The number of carbonyl (C=O) groups is 2. The van der Waals surface area contributed by atoms with Crippen LogP contribution in [0.1, 0.15) is 11.5 Å². The van der Waals surface area contributed by atoms with E-state index in [1.807, 2.05) is 12.1 Å². The second-order valence-corrected chi connectivity index (χ2v) is 5.84. The molecule has 1 fully saturated rings. The molecular weight excluding hydrogens is 318 g/mol. The maximum atomic E-state index is 11.6. The molecule has 0 radical (unpaired) electrons. The van der Waals surface area contributed by atoms with Gasteiger partial charge in [-0.2, -0.15) is 4.98 Å². The fraction of sp³-hybridized carbons (Fsp3) is 0.0714. The van der Waals surface area contributed by atoms with Crippen LogP contribution in [0.4, 0.5) is 4.79 Å². The van der Waals surface area contributed by atoms with Gasteiger partial charge >= 0.3 is 0 Å². The quantitative estimate of drug-likeness (QED) is 0.718. The molecule has 0 spiro atoms. The van der Waals surface area contributed by atoms with Crippen molar-refractivity contribution in [2.24, 2.45) is 0 Å². The zero-order valence-corrected chi connectivity index (χ0v) is 12.6. The first-order valence-corrected chi connectivity index (χ1v) is 7.44. The molecule has 0 bridgehead atoms. The molecule has 114 valence electrons. The van der Waals surface area contributed by atoms with E-state index >= 15 is 0 Å². The van der Waals surface area contributed by atoms with E-state index in [1.54, 1.807) is 29.8 Å². The second-order valence-electron chi connectivity index (χ2n) is 4.82. The molecule has 1 aliphatic heterocycles. The fourth-order valence-electron chi connectivity index (χ4n) is 2.22. The number of pyridine rings is 1. The number of hydrogen-bond donors (Lipinski definition) is 1. The lowest BCUT2D eigenvalue weighted by molar-refractivity contribution is -0.115. The SMILES string of the molecule is Cc1nc(-c2cnc3ccc(/C=C4\SC(=O)NC4=O)cn23)no1. The van der Waals surface area contributed by atoms with Gasteiger partial charge in [-0.1, -0.05) is 5.16 Å². The van der Waals surface area contributed by atoms with Crippen LogP contribution in [-0.4, -0.2) is 30.7 Å². The summed E-state index contributed by atoms with van der Waals surface area (Å²) < 4.78 is 6.79. The van der Waals surface area contributed by atoms with Gasteiger partial charge in [0.2, 0.25) is 11.7 Å². The zero-order valence-electron chi connectivity index (χ0n) is 11.8. The van der Waals surface area contributed by atoms with Crippen molar-refractivity contribution in [2.75, 3.05) is 0 Å². The summed E-state index contributed by atoms with van der Waals surface area (Å²) in [4.78, 5) is 31.7. The molecule has 1 saturated heterocycles. The molecule has 3 aromatic rings. The van der Waals surface area contributed by atoms with Gasteiger partial charge in [0.05, 0.1) is 11.1 Å². The Morgan fingerprint density at radius 2 is 2.22 bits per heavy atom. The summed E-state index contributed by atoms with van der Waals surface area (Å²) in [5, 5.41) is 5.74. The van der Waals surface area contributed by atoms with E-state index in [2.05, 4.69) is 20.4 Å². The lowest BCUT2D eigenvalue weighted by Gasteiger charge is -2.00. The second kappa shape index (κ2) is 5.06. The molecule has 1 aliphatic rings. The number of amides is 2. The summed E-state index contributed by atoms with van der Waals surface area (Å²) >= 11 is 0.877. The number of fused-ring (bicyclic) bond motifs is 1. The van der Waals surface area contributed by atoms with Crippen LogP contribution in [0.15, 0.2) is 34.0 Å². The van der Waals surface area contributed by atoms with Gasteiger partial charge in [-0.15, -0.1) is 0 Å². The lowest BCUT2D eigenvalue weighted by atomic mass is 10.2. The Bertz CT molecular complexity index is 987. The number of aryl methyl sites for hydroxylation is 1. The average molecular weight is 327 g/mol. The highest BCUT2D eigenvalue weighted by Gasteiger charge is 2.25. The third-order valence-electron chi connectivity index (χ3n) is 3.22. The molecule has 0 unspecified atom stereocenters. The molecule has 3 aromatic heterocycles. The molecule has 0 saturated carbocycles. The van der Waals surface area contributed by atoms with E-state index in [1.165, 1.54) is 0 Å². The summed E-state index contributed by atoms with van der Waals surface area (Å²) in [6.45, 7) is 1.71. The van der Waals surface area contributed by atoms with Gasteiger partial charge in [-0.25, -0.2) is 4.98 Å². The van der Waals surface area contributed by atoms with E-state index in [0.717, 1.165) is 17.3 Å². The Hall–Kier alpha value is -2.94. The molecule has 23 heavy (non-hydrogen) atoms. The van der Waals surface area contributed by atoms with Crippen LogP contribution in [0.25, 0.3) is 23.2 Å². The lowest BCUT2D eigenvalue weighted by Crippen LogP contribution is -2.17. The zero-order chi connectivity index (χ0) is 16.0. The Balaban J connectivity index is 1.80. The maximum absolute atomic E-state index is 11.6. The van der Waals surface area contributed by atoms with Gasteiger partial charge in [0.15, 0.2) is 0 Å². The molecular formula is C14H9N5O3S. The smallest absolute Gasteiger partial charge is 0.290 e. The molecule has 9 heteroatoms. The molecule has 8 nitrogen and oxygen atoms in total. The molecule has 0 aromatic carbocycles. The van der Waals surface area contributed by atoms with Crippen molar-refractivity contribution < 1.29 is 14.1 Å². The molecule has 4 heterocycles. The van der Waals surface area contributed by atoms with Crippen LogP contribution >= 0.6 is 11.8 Å². The van der Waals surface area contributed by atoms with Gasteiger partial charge in [0.1, 0.15) is 11.3 Å². The Morgan fingerprint density at radius 1 is 1.35 bits per heavy atom. The number of imide groups is 1. The monoisotopic (exact) mass is 327 g/mol. The molecule has 0 atom stereocenters. The Kier molecular flexibility index (Phi) is 3.01. The summed E-state index contributed by atoms with van der Waals surface area (Å²) in [6.07, 6.45) is 5.10. The van der Waals surface area contributed by atoms with Gasteiger partial charge in [-0.05, 0) is 35.5 Å². The van der Waals surface area contributed by atoms with Crippen molar-refractivity contribution >= 4 is 34.6 Å². The van der Waals surface area contributed by atoms with E-state index in [4.69, 9.17) is 4.52 Å². The normalized spacial score (nSPS) is 16.5. The maximum Gasteiger partial charge on any atom is 0.290 e. The summed E-state index contributed by atoms with van der Waals surface area (Å²) in [5.41, 5.74) is 2.14. The molecule has 0 aliphatic carbocycles. The largest absolute Gasteiger partial charge is 0.339 e. The number of thioether (sulfide) groups is 1. The van der Waals surface area contributed by atoms with Crippen LogP contribution in [0.2, 0.25) is 0 Å². The third-order valence-corrected chi connectivity index (χ3v) is 4.04. The Morgan fingerprint density at radius 3 is 2.91 bits per heavy atom. The summed E-state index contributed by atoms with van der Waals surface area (Å²) in [6, 6.07) is 3.62. The van der Waals surface area contributed by atoms with Crippen LogP contribution in [0.3, 0.4) is 0 Å². The summed E-state index contributed by atoms with van der Waals surface area (Å²) in [7, 11) is 0. The van der Waals surface area contributed by atoms with Gasteiger partial charge in [0, 0.05) is 13.1 Å². The topological polar surface area (TPSA) is 102 Å². The third kappa shape index (κ3) is 2.40. The van der Waals surface area contributed by atoms with E-state index in [-0.39, 0.29) is 11.1 Å². The van der Waals surface area contributed by atoms with Crippen LogP contribution in [0, 0.1) is 6.92 Å². The van der Waals surface area contributed by atoms with Crippen LogP contribution in [-0.2, 0) is 4.79 Å². The van der Waals surface area contributed by atoms with Crippen molar-refractivity contribution in [3.8, 4) is 11.5 Å². The fourth-order valence-corrected chi connectivity index (χ4v) is 2.91. The first-order chi connectivity index (χ1) is 11.1. The number of carbonyl (C=O) groups excluding carboxylic acids is 2. The van der Waals surface area contributed by atoms with Gasteiger partial charge < -0.3 is 4.52 Å². The Labute approximate surface area is 133 Å². The standard InChI is InChI=1S/C14H9N5O3S/c1-7-16-12(18-22-7)9-5-15-11-3-2-8(6-19(9)11)4-10-13(20)17-14(21)23-10/h2-6H,1H3,(H,17,20,21)/b10-4-. The number of rotatable bonds is 2. The van der Waals surface area contributed by atoms with E-state index in [0.29, 0.717) is 28.0 Å². The minimum atomic E-state index is -0.389. The van der Waals surface area contributed by atoms with Crippen molar-refractivity contribution in [3.63, 3.8) is 0 Å². The predicted molar refractivity (Wildman–Crippen MR) is 82.3 cm³/mol. The number of aromatic nitrogens is 4. The van der Waals surface area contributed by atoms with Crippen LogP contribution < -0.4 is 5.32 Å². The number of imidazole rings is 1. The minimum Gasteiger partial charge on any atom is -0.339 e. The molecule has 1 N–H and O–H groups in total. The molecule has 2 amide bonds. The van der Waals surface area contributed by atoms with Gasteiger partial charge in [0.25, 0.3) is 11.1 Å². The summed E-state index contributed by atoms with van der Waals surface area (Å²) in [5.74, 6) is 0.508. The van der Waals surface area contributed by atoms with Crippen molar-refractivity contribution in [1.29, 1.82) is 0 Å². The van der Waals surface area contributed by atoms with Crippen molar-refractivity contribution in [2.45, 2.75) is 6.92 Å². The first-order valence-electron chi connectivity index (χ1n) is 6.63. The highest BCUT2D eigenvalue weighted by molar-refractivity contribution is 8.18. The predicted octanol–water partition coefficient (Wildman–Crippen LogP) is 2.02. The van der Waals surface area contributed by atoms with Crippen LogP contribution in [0.5, 0.6) is 0 Å². The van der Waals surface area contributed by atoms with E-state index in [9.17, 15) is 9.59 Å². The van der Waals surface area contributed by atoms with E-state index < -0.39 is 0 Å².